The highest BCUT2D eigenvalue weighted by molar-refractivity contribution is 5.88. The lowest BCUT2D eigenvalue weighted by Gasteiger charge is -2.43. The number of piperidine rings is 1. The van der Waals surface area contributed by atoms with Gasteiger partial charge < -0.3 is 14.4 Å². The maximum atomic E-state index is 13.1. The van der Waals surface area contributed by atoms with Crippen molar-refractivity contribution in [2.75, 3.05) is 19.7 Å². The first-order valence-electron chi connectivity index (χ1n) is 9.35. The van der Waals surface area contributed by atoms with E-state index in [0.717, 1.165) is 51.6 Å². The van der Waals surface area contributed by atoms with Crippen molar-refractivity contribution in [1.29, 1.82) is 0 Å². The third-order valence-electron chi connectivity index (χ3n) is 6.39. The van der Waals surface area contributed by atoms with Crippen LogP contribution in [0.5, 0.6) is 0 Å². The molecule has 3 aliphatic heterocycles. The van der Waals surface area contributed by atoms with E-state index in [1.807, 2.05) is 4.90 Å². The molecule has 1 atom stereocenters. The molecule has 1 unspecified atom stereocenters. The Hall–Kier alpha value is -1.36. The van der Waals surface area contributed by atoms with Crippen LogP contribution in [0, 0.1) is 5.92 Å². The number of esters is 1. The minimum Gasteiger partial charge on any atom is -0.458 e. The summed E-state index contributed by atoms with van der Waals surface area (Å²) in [4.78, 5) is 26.9. The molecule has 3 fully saturated rings. The molecule has 0 aromatic carbocycles. The lowest BCUT2D eigenvalue weighted by Crippen LogP contribution is -2.52. The van der Waals surface area contributed by atoms with Gasteiger partial charge in [-0.25, -0.2) is 0 Å². The molecule has 2 saturated heterocycles. The maximum Gasteiger partial charge on any atom is 0.307 e. The summed E-state index contributed by atoms with van der Waals surface area (Å²) >= 11 is 0. The highest BCUT2D eigenvalue weighted by Gasteiger charge is 2.55. The Kier molecular flexibility index (Phi) is 3.94. The van der Waals surface area contributed by atoms with E-state index < -0.39 is 5.60 Å². The van der Waals surface area contributed by atoms with E-state index in [1.54, 1.807) is 0 Å². The number of carbonyl (C=O) groups excluding carboxylic acids is 2. The average Bonchev–Trinajstić information content (AvgIpc) is 3.14. The van der Waals surface area contributed by atoms with Gasteiger partial charge in [-0.05, 0) is 51.9 Å². The van der Waals surface area contributed by atoms with E-state index in [2.05, 4.69) is 13.0 Å². The molecule has 24 heavy (non-hydrogen) atoms. The quantitative estimate of drug-likeness (QED) is 0.547. The summed E-state index contributed by atoms with van der Waals surface area (Å²) in [6, 6.07) is 0. The number of hydrogen-bond donors (Lipinski definition) is 0. The van der Waals surface area contributed by atoms with E-state index in [4.69, 9.17) is 9.47 Å². The van der Waals surface area contributed by atoms with Gasteiger partial charge in [0, 0.05) is 13.1 Å². The Bertz CT molecular complexity index is 568. The molecule has 5 heteroatoms. The van der Waals surface area contributed by atoms with E-state index in [9.17, 15) is 9.59 Å². The van der Waals surface area contributed by atoms with Crippen molar-refractivity contribution < 1.29 is 19.1 Å². The summed E-state index contributed by atoms with van der Waals surface area (Å²) in [6.07, 6.45) is 9.03. The lowest BCUT2D eigenvalue weighted by molar-refractivity contribution is -0.153. The van der Waals surface area contributed by atoms with Gasteiger partial charge in [0.25, 0.3) is 0 Å². The number of ether oxygens (including phenoxy) is 2. The molecule has 132 valence electrons. The molecule has 4 rings (SSSR count). The molecule has 0 aromatic rings. The van der Waals surface area contributed by atoms with Crippen molar-refractivity contribution in [2.24, 2.45) is 5.92 Å². The third-order valence-corrected chi connectivity index (χ3v) is 6.39. The second-order valence-electron chi connectivity index (χ2n) is 7.98. The van der Waals surface area contributed by atoms with Crippen LogP contribution in [0.4, 0.5) is 0 Å². The maximum absolute atomic E-state index is 13.1. The molecular formula is C19H27NO4. The minimum atomic E-state index is -0.499. The molecule has 3 heterocycles. The summed E-state index contributed by atoms with van der Waals surface area (Å²) in [5, 5.41) is 0. The SMILES string of the molecule is CC1=CC2(CCN(C(=O)C3CC(=O)OC34CCCC4)CC2)OCC1. The van der Waals surface area contributed by atoms with Crippen molar-refractivity contribution >= 4 is 11.9 Å². The Morgan fingerprint density at radius 2 is 1.92 bits per heavy atom. The number of likely N-dealkylation sites (tertiary alicyclic amines) is 1. The van der Waals surface area contributed by atoms with Gasteiger partial charge in [-0.3, -0.25) is 9.59 Å². The monoisotopic (exact) mass is 333 g/mol. The van der Waals surface area contributed by atoms with Crippen LogP contribution in [0.1, 0.15) is 58.3 Å². The fourth-order valence-corrected chi connectivity index (χ4v) is 5.02. The second kappa shape index (κ2) is 5.87. The molecule has 1 saturated carbocycles. The Morgan fingerprint density at radius 1 is 1.21 bits per heavy atom. The zero-order chi connectivity index (χ0) is 16.8. The molecule has 4 aliphatic rings. The molecule has 0 N–H and O–H groups in total. The standard InChI is InChI=1S/C19H27NO4/c1-14-4-11-23-18(13-14)7-9-20(10-8-18)17(22)15-12-16(21)24-19(15)5-2-3-6-19/h13,15H,2-12H2,1H3. The van der Waals surface area contributed by atoms with Crippen molar-refractivity contribution in [3.8, 4) is 0 Å². The first-order valence-corrected chi connectivity index (χ1v) is 9.35. The fourth-order valence-electron chi connectivity index (χ4n) is 5.02. The number of carbonyl (C=O) groups is 2. The molecular weight excluding hydrogens is 306 g/mol. The fraction of sp³-hybridized carbons (Fsp3) is 0.789. The Labute approximate surface area is 143 Å². The summed E-state index contributed by atoms with van der Waals surface area (Å²) in [6.45, 7) is 4.37. The van der Waals surface area contributed by atoms with Crippen LogP contribution in [-0.2, 0) is 19.1 Å². The third kappa shape index (κ3) is 2.67. The van der Waals surface area contributed by atoms with E-state index in [0.29, 0.717) is 13.1 Å². The zero-order valence-corrected chi connectivity index (χ0v) is 14.5. The molecule has 0 radical (unpaired) electrons. The number of nitrogens with zero attached hydrogens (tertiary/aromatic N) is 1. The van der Waals surface area contributed by atoms with Crippen LogP contribution in [-0.4, -0.2) is 47.7 Å². The predicted octanol–water partition coefficient (Wildman–Crippen LogP) is 2.59. The summed E-state index contributed by atoms with van der Waals surface area (Å²) in [7, 11) is 0. The van der Waals surface area contributed by atoms with Crippen molar-refractivity contribution in [2.45, 2.75) is 69.5 Å². The Balaban J connectivity index is 1.45. The van der Waals surface area contributed by atoms with E-state index >= 15 is 0 Å². The molecule has 1 amide bonds. The summed E-state index contributed by atoms with van der Waals surface area (Å²) in [5.41, 5.74) is 0.716. The Morgan fingerprint density at radius 3 is 2.58 bits per heavy atom. The van der Waals surface area contributed by atoms with Gasteiger partial charge in [0.15, 0.2) is 0 Å². The molecule has 1 aliphatic carbocycles. The highest BCUT2D eigenvalue weighted by Crippen LogP contribution is 2.46. The van der Waals surface area contributed by atoms with E-state index in [1.165, 1.54) is 5.57 Å². The highest BCUT2D eigenvalue weighted by atomic mass is 16.6. The second-order valence-corrected chi connectivity index (χ2v) is 7.98. The minimum absolute atomic E-state index is 0.120. The lowest BCUT2D eigenvalue weighted by atomic mass is 9.82. The van der Waals surface area contributed by atoms with Crippen LogP contribution in [0.2, 0.25) is 0 Å². The zero-order valence-electron chi connectivity index (χ0n) is 14.5. The van der Waals surface area contributed by atoms with Crippen molar-refractivity contribution in [3.63, 3.8) is 0 Å². The van der Waals surface area contributed by atoms with Gasteiger partial charge in [0.1, 0.15) is 5.60 Å². The number of rotatable bonds is 1. The molecule has 2 spiro atoms. The summed E-state index contributed by atoms with van der Waals surface area (Å²) in [5.74, 6) is -0.349. The van der Waals surface area contributed by atoms with Gasteiger partial charge >= 0.3 is 5.97 Å². The molecule has 0 bridgehead atoms. The predicted molar refractivity (Wildman–Crippen MR) is 88.3 cm³/mol. The van der Waals surface area contributed by atoms with E-state index in [-0.39, 0.29) is 29.8 Å². The van der Waals surface area contributed by atoms with Crippen LogP contribution in [0.15, 0.2) is 11.6 Å². The number of hydrogen-bond acceptors (Lipinski definition) is 4. The first kappa shape index (κ1) is 16.1. The van der Waals surface area contributed by atoms with Crippen LogP contribution >= 0.6 is 0 Å². The van der Waals surface area contributed by atoms with Crippen LogP contribution in [0.3, 0.4) is 0 Å². The largest absolute Gasteiger partial charge is 0.458 e. The van der Waals surface area contributed by atoms with Crippen molar-refractivity contribution in [3.05, 3.63) is 11.6 Å². The van der Waals surface area contributed by atoms with Gasteiger partial charge in [0.2, 0.25) is 5.91 Å². The topological polar surface area (TPSA) is 55.8 Å². The smallest absolute Gasteiger partial charge is 0.307 e. The summed E-state index contributed by atoms with van der Waals surface area (Å²) < 4.78 is 11.7. The molecule has 0 aromatic heterocycles. The van der Waals surface area contributed by atoms with Crippen molar-refractivity contribution in [1.82, 2.24) is 4.90 Å². The normalized spacial score (nSPS) is 31.4. The van der Waals surface area contributed by atoms with Gasteiger partial charge in [0.05, 0.1) is 24.5 Å². The molecule has 5 nitrogen and oxygen atoms in total. The average molecular weight is 333 g/mol. The van der Waals surface area contributed by atoms with Crippen LogP contribution in [0.25, 0.3) is 0 Å². The van der Waals surface area contributed by atoms with Gasteiger partial charge in [-0.2, -0.15) is 0 Å². The van der Waals surface area contributed by atoms with Gasteiger partial charge in [-0.1, -0.05) is 11.6 Å². The van der Waals surface area contributed by atoms with Crippen LogP contribution < -0.4 is 0 Å². The number of amides is 1. The van der Waals surface area contributed by atoms with Gasteiger partial charge in [-0.15, -0.1) is 0 Å². The first-order chi connectivity index (χ1) is 11.5.